The lowest BCUT2D eigenvalue weighted by atomic mass is 10.2. The number of hydrogen-bond acceptors (Lipinski definition) is 14. The molecule has 0 spiro atoms. The van der Waals surface area contributed by atoms with Crippen LogP contribution >= 0.6 is 23.0 Å². The van der Waals surface area contributed by atoms with Crippen LogP contribution in [0, 0.1) is 0 Å². The van der Waals surface area contributed by atoms with E-state index in [0.717, 1.165) is 4.57 Å². The summed E-state index contributed by atoms with van der Waals surface area (Å²) >= 11 is 0. The van der Waals surface area contributed by atoms with Gasteiger partial charge < -0.3 is 57.7 Å². The first kappa shape index (κ1) is 23.3. The second-order valence-corrected chi connectivity index (χ2v) is 11.0. The third-order valence-corrected chi connectivity index (χ3v) is 8.48. The van der Waals surface area contributed by atoms with Crippen molar-refractivity contribution in [2.45, 2.75) is 24.9 Å². The number of aliphatic hydroxyl groups excluding tert-OH is 1. The van der Waals surface area contributed by atoms with E-state index in [-0.39, 0.29) is 12.2 Å². The van der Waals surface area contributed by atoms with Gasteiger partial charge in [0.25, 0.3) is 0 Å². The number of anilines is 1. The highest BCUT2D eigenvalue weighted by molar-refractivity contribution is 7.72. The number of rotatable bonds is 8. The first-order valence-electron chi connectivity index (χ1n) is 7.34. The molecule has 2 heterocycles. The van der Waals surface area contributed by atoms with E-state index < -0.39 is 59.6 Å². The molecule has 1 saturated heterocycles. The predicted molar refractivity (Wildman–Crippen MR) is 82.2 cm³/mol. The summed E-state index contributed by atoms with van der Waals surface area (Å²) in [5, 5.41) is 9.93. The number of hydrogen-bond donors (Lipinski definition) is 2. The Morgan fingerprint density at radius 1 is 1.29 bits per heavy atom. The Kier molecular flexibility index (Phi) is 7.02. The Morgan fingerprint density at radius 2 is 1.93 bits per heavy atom. The van der Waals surface area contributed by atoms with E-state index in [1.807, 2.05) is 0 Å². The molecule has 0 aliphatic carbocycles. The molecular formula is C10H14N3O12P3-4. The molecule has 0 bridgehead atoms. The maximum absolute atomic E-state index is 11.8. The fraction of sp³-hybridized carbons (Fsp3) is 0.600. The summed E-state index contributed by atoms with van der Waals surface area (Å²) in [5.41, 5.74) is 4.57. The van der Waals surface area contributed by atoms with Crippen LogP contribution < -0.4 is 31.0 Å². The van der Waals surface area contributed by atoms with Crippen LogP contribution in [0.5, 0.6) is 0 Å². The zero-order valence-electron chi connectivity index (χ0n) is 13.8. The maximum atomic E-state index is 11.8. The van der Waals surface area contributed by atoms with Crippen molar-refractivity contribution >= 4 is 28.8 Å². The van der Waals surface area contributed by atoms with Crippen LogP contribution in [-0.2, 0) is 27.3 Å². The van der Waals surface area contributed by atoms with Crippen molar-refractivity contribution in [3.8, 4) is 0 Å². The molecule has 2 rings (SSSR count). The van der Waals surface area contributed by atoms with E-state index in [9.17, 15) is 43.2 Å². The first-order valence-corrected chi connectivity index (χ1v) is 12.3. The van der Waals surface area contributed by atoms with Gasteiger partial charge in [-0.3, -0.25) is 4.57 Å². The van der Waals surface area contributed by atoms with Crippen molar-refractivity contribution in [2.24, 2.45) is 0 Å². The maximum Gasteiger partial charge on any atom is 0.351 e. The number of phosphoric acid groups is 1. The van der Waals surface area contributed by atoms with Gasteiger partial charge in [-0.05, 0) is 6.07 Å². The van der Waals surface area contributed by atoms with E-state index in [0.29, 0.717) is 0 Å². The zero-order valence-corrected chi connectivity index (χ0v) is 16.4. The van der Waals surface area contributed by atoms with Gasteiger partial charge in [-0.2, -0.15) is 4.98 Å². The van der Waals surface area contributed by atoms with Gasteiger partial charge in [0.05, 0.1) is 26.4 Å². The summed E-state index contributed by atoms with van der Waals surface area (Å²) < 4.78 is 47.2. The van der Waals surface area contributed by atoms with E-state index >= 15 is 0 Å². The molecule has 2 unspecified atom stereocenters. The van der Waals surface area contributed by atoms with Gasteiger partial charge in [0.1, 0.15) is 33.3 Å². The molecule has 0 saturated carbocycles. The third kappa shape index (κ3) is 6.83. The highest BCUT2D eigenvalue weighted by Gasteiger charge is 2.36. The van der Waals surface area contributed by atoms with Gasteiger partial charge in [0.15, 0.2) is 0 Å². The highest BCUT2D eigenvalue weighted by Crippen LogP contribution is 2.58. The van der Waals surface area contributed by atoms with Crippen molar-refractivity contribution in [1.29, 1.82) is 0 Å². The smallest absolute Gasteiger partial charge is 0.351 e. The molecule has 0 amide bonds. The molecule has 28 heavy (non-hydrogen) atoms. The molecule has 15 nitrogen and oxygen atoms in total. The minimum Gasteiger partial charge on any atom is -0.790 e. The van der Waals surface area contributed by atoms with Crippen LogP contribution in [0.3, 0.4) is 0 Å². The molecule has 1 aromatic heterocycles. The summed E-state index contributed by atoms with van der Waals surface area (Å²) in [6, 6.07) is 1.29. The van der Waals surface area contributed by atoms with Crippen LogP contribution in [0.25, 0.3) is 0 Å². The van der Waals surface area contributed by atoms with Gasteiger partial charge in [0.2, 0.25) is 0 Å². The molecule has 1 aliphatic rings. The monoisotopic (exact) mass is 461 g/mol. The van der Waals surface area contributed by atoms with Gasteiger partial charge in [-0.25, -0.2) is 4.79 Å². The minimum absolute atomic E-state index is 0.0445. The number of nitrogen functional groups attached to an aromatic ring is 1. The number of aliphatic hydroxyl groups is 1. The van der Waals surface area contributed by atoms with Crippen LogP contribution in [0.15, 0.2) is 17.1 Å². The Labute approximate surface area is 157 Å². The van der Waals surface area contributed by atoms with Crippen molar-refractivity contribution in [3.05, 3.63) is 22.7 Å². The summed E-state index contributed by atoms with van der Waals surface area (Å²) in [6.45, 7) is -0.845. The Bertz CT molecular complexity index is 914. The van der Waals surface area contributed by atoms with Crippen LogP contribution in [0.2, 0.25) is 0 Å². The Morgan fingerprint density at radius 3 is 2.50 bits per heavy atom. The van der Waals surface area contributed by atoms with E-state index in [1.54, 1.807) is 0 Å². The standard InChI is InChI=1S/C10H18N3O12P3/c11-8-1-2-13(10(15)12-8)9-3-6(14)7(24-9)4-23-26(16,17)5-27(18,19)25-28(20,21)22/h1-2,6-7,9,14H,3-5H2,(H,16,17)(H,18,19)(H2,11,12,15)(H2,20,21,22)/p-4/t6-,7+,9+/m0/s1. The quantitative estimate of drug-likeness (QED) is 0.355. The predicted octanol–water partition coefficient (Wildman–Crippen LogP) is -3.60. The summed E-state index contributed by atoms with van der Waals surface area (Å²) in [6.07, 6.45) is -2.46. The lowest BCUT2D eigenvalue weighted by Crippen LogP contribution is -2.29. The number of aromatic nitrogens is 2. The molecule has 1 aliphatic heterocycles. The molecule has 3 N–H and O–H groups in total. The van der Waals surface area contributed by atoms with Gasteiger partial charge in [0, 0.05) is 12.6 Å². The molecule has 5 atom stereocenters. The van der Waals surface area contributed by atoms with Gasteiger partial charge >= 0.3 is 5.69 Å². The summed E-state index contributed by atoms with van der Waals surface area (Å²) in [7, 11) is -16.8. The number of ether oxygens (including phenoxy) is 1. The fourth-order valence-corrected chi connectivity index (χ4v) is 6.59. The molecule has 160 valence electrons. The van der Waals surface area contributed by atoms with Crippen molar-refractivity contribution in [1.82, 2.24) is 9.55 Å². The van der Waals surface area contributed by atoms with Crippen molar-refractivity contribution in [2.75, 3.05) is 18.2 Å². The molecule has 1 aromatic rings. The normalized spacial score (nSPS) is 27.2. The summed E-state index contributed by atoms with van der Waals surface area (Å²) in [4.78, 5) is 58.8. The van der Waals surface area contributed by atoms with Crippen LogP contribution in [-0.4, -0.2) is 39.4 Å². The molecule has 18 heteroatoms. The average Bonchev–Trinajstić information content (AvgIpc) is 2.82. The van der Waals surface area contributed by atoms with E-state index in [1.165, 1.54) is 12.3 Å². The largest absolute Gasteiger partial charge is 0.790 e. The van der Waals surface area contributed by atoms with Crippen LogP contribution in [0.1, 0.15) is 12.6 Å². The van der Waals surface area contributed by atoms with E-state index in [4.69, 9.17) is 10.5 Å². The van der Waals surface area contributed by atoms with Gasteiger partial charge in [-0.1, -0.05) is 0 Å². The lowest BCUT2D eigenvalue weighted by molar-refractivity contribution is -0.337. The minimum atomic E-state index is -5.98. The average molecular weight is 461 g/mol. The second kappa shape index (κ2) is 8.42. The topological polar surface area (TPSA) is 252 Å². The molecule has 0 radical (unpaired) electrons. The molecular weight excluding hydrogens is 447 g/mol. The first-order chi connectivity index (χ1) is 12.7. The van der Waals surface area contributed by atoms with Crippen LogP contribution in [0.4, 0.5) is 5.82 Å². The van der Waals surface area contributed by atoms with Gasteiger partial charge in [-0.15, -0.1) is 0 Å². The zero-order chi connectivity index (χ0) is 21.3. The number of nitrogens with zero attached hydrogens (tertiary/aromatic N) is 2. The third-order valence-electron chi connectivity index (χ3n) is 3.37. The Hall–Kier alpha value is -0.950. The van der Waals surface area contributed by atoms with Crippen molar-refractivity contribution in [3.63, 3.8) is 0 Å². The lowest BCUT2D eigenvalue weighted by Gasteiger charge is -2.38. The molecule has 1 fully saturated rings. The van der Waals surface area contributed by atoms with E-state index in [2.05, 4.69) is 13.8 Å². The highest BCUT2D eigenvalue weighted by atomic mass is 31.3. The molecule has 0 aromatic carbocycles. The summed E-state index contributed by atoms with van der Waals surface area (Å²) in [5.74, 6) is -1.95. The number of nitrogens with two attached hydrogens (primary N) is 1. The second-order valence-electron chi connectivity index (χ2n) is 5.66. The fourth-order valence-electron chi connectivity index (χ4n) is 2.30. The van der Waals surface area contributed by atoms with Crippen molar-refractivity contribution < 1.29 is 51.9 Å². The Balaban J connectivity index is 1.98. The SMILES string of the molecule is Nc1ccn([C@H]2C[C@H](O)[C@@H](COP(=O)([O-])CP(=O)([O-])OP(=O)([O-])[O-])O2)c(=O)n1.